The number of nitrogens with zero attached hydrogens (tertiary/aromatic N) is 1. The van der Waals surface area contributed by atoms with Crippen molar-refractivity contribution in [2.45, 2.75) is 19.3 Å². The summed E-state index contributed by atoms with van der Waals surface area (Å²) in [5.74, 6) is 1.81. The lowest BCUT2D eigenvalue weighted by Crippen LogP contribution is -2.60. The third-order valence-electron chi connectivity index (χ3n) is 3.77. The highest BCUT2D eigenvalue weighted by Crippen LogP contribution is 2.49. The number of rotatable bonds is 2. The van der Waals surface area contributed by atoms with Crippen LogP contribution in [0.3, 0.4) is 0 Å². The molecule has 0 bridgehead atoms. The Morgan fingerprint density at radius 1 is 1.35 bits per heavy atom. The topological polar surface area (TPSA) is 66.5 Å². The molecule has 1 spiro atoms. The molecule has 1 aliphatic carbocycles. The van der Waals surface area contributed by atoms with Crippen LogP contribution in [0.15, 0.2) is 0 Å². The zero-order chi connectivity index (χ0) is 12.0. The fourth-order valence-electron chi connectivity index (χ4n) is 2.45. The number of barbiturate groups is 1. The van der Waals surface area contributed by atoms with Crippen LogP contribution in [0, 0.1) is 11.3 Å². The van der Waals surface area contributed by atoms with E-state index in [0.29, 0.717) is 25.3 Å². The highest BCUT2D eigenvalue weighted by atomic mass is 32.2. The van der Waals surface area contributed by atoms with E-state index >= 15 is 0 Å². The van der Waals surface area contributed by atoms with E-state index in [9.17, 15) is 14.4 Å². The summed E-state index contributed by atoms with van der Waals surface area (Å²) in [4.78, 5) is 36.7. The molecule has 3 aliphatic rings. The maximum absolute atomic E-state index is 12.2. The van der Waals surface area contributed by atoms with Crippen molar-refractivity contribution in [2.24, 2.45) is 11.3 Å². The number of carbonyl (C=O) groups excluding carboxylic acids is 3. The molecule has 0 aromatic heterocycles. The van der Waals surface area contributed by atoms with Gasteiger partial charge in [-0.2, -0.15) is 11.8 Å². The molecule has 2 heterocycles. The maximum Gasteiger partial charge on any atom is 0.330 e. The normalized spacial score (nSPS) is 30.9. The number of carbonyl (C=O) groups is 3. The van der Waals surface area contributed by atoms with Crippen LogP contribution in [-0.4, -0.2) is 40.8 Å². The summed E-state index contributed by atoms with van der Waals surface area (Å²) >= 11 is 1.85. The molecule has 2 aliphatic heterocycles. The van der Waals surface area contributed by atoms with Crippen molar-refractivity contribution in [3.8, 4) is 0 Å². The SMILES string of the molecule is O=C1NC(=O)C2(CC2)C(=O)N1CC1CCSC1. The van der Waals surface area contributed by atoms with E-state index in [1.165, 1.54) is 4.90 Å². The number of nitrogens with one attached hydrogen (secondary N) is 1. The Labute approximate surface area is 103 Å². The molecule has 4 amide bonds. The molecule has 3 rings (SSSR count). The zero-order valence-electron chi connectivity index (χ0n) is 9.40. The van der Waals surface area contributed by atoms with E-state index in [2.05, 4.69) is 5.32 Å². The molecule has 17 heavy (non-hydrogen) atoms. The summed E-state index contributed by atoms with van der Waals surface area (Å²) in [5.41, 5.74) is -0.889. The van der Waals surface area contributed by atoms with Gasteiger partial charge in [-0.3, -0.25) is 19.8 Å². The second kappa shape index (κ2) is 3.73. The molecule has 2 saturated heterocycles. The predicted octanol–water partition coefficient (Wildman–Crippen LogP) is 0.598. The minimum absolute atomic E-state index is 0.275. The average Bonchev–Trinajstić information content (AvgIpc) is 2.95. The van der Waals surface area contributed by atoms with Gasteiger partial charge in [0.25, 0.3) is 0 Å². The Morgan fingerprint density at radius 3 is 2.71 bits per heavy atom. The minimum atomic E-state index is -0.889. The summed E-state index contributed by atoms with van der Waals surface area (Å²) in [6.45, 7) is 0.465. The highest BCUT2D eigenvalue weighted by Gasteiger charge is 2.62. The molecule has 0 aromatic carbocycles. The molecule has 1 saturated carbocycles. The van der Waals surface area contributed by atoms with Crippen molar-refractivity contribution in [1.29, 1.82) is 0 Å². The van der Waals surface area contributed by atoms with Crippen LogP contribution < -0.4 is 5.32 Å². The van der Waals surface area contributed by atoms with Gasteiger partial charge in [0.2, 0.25) is 11.8 Å². The number of hydrogen-bond acceptors (Lipinski definition) is 4. The van der Waals surface area contributed by atoms with Crippen LogP contribution in [0.2, 0.25) is 0 Å². The first-order valence-electron chi connectivity index (χ1n) is 5.89. The van der Waals surface area contributed by atoms with E-state index < -0.39 is 17.4 Å². The monoisotopic (exact) mass is 254 g/mol. The first-order valence-corrected chi connectivity index (χ1v) is 7.04. The molecular formula is C11H14N2O3S. The maximum atomic E-state index is 12.2. The van der Waals surface area contributed by atoms with Crippen molar-refractivity contribution in [1.82, 2.24) is 10.2 Å². The standard InChI is InChI=1S/C11H14N2O3S/c14-8-11(2-3-11)9(15)13(10(16)12-8)5-7-1-4-17-6-7/h7H,1-6H2,(H,12,14,16). The predicted molar refractivity (Wildman–Crippen MR) is 62.4 cm³/mol. The summed E-state index contributed by atoms with van der Waals surface area (Å²) in [5, 5.41) is 2.31. The van der Waals surface area contributed by atoms with Crippen molar-refractivity contribution in [3.63, 3.8) is 0 Å². The van der Waals surface area contributed by atoms with Gasteiger partial charge < -0.3 is 0 Å². The molecule has 3 fully saturated rings. The molecule has 0 radical (unpaired) electrons. The second-order valence-electron chi connectivity index (χ2n) is 4.99. The van der Waals surface area contributed by atoms with Gasteiger partial charge >= 0.3 is 6.03 Å². The van der Waals surface area contributed by atoms with Crippen LogP contribution in [0.5, 0.6) is 0 Å². The van der Waals surface area contributed by atoms with E-state index in [1.54, 1.807) is 0 Å². The summed E-state index contributed by atoms with van der Waals surface area (Å²) in [6.07, 6.45) is 2.21. The zero-order valence-corrected chi connectivity index (χ0v) is 10.2. The minimum Gasteiger partial charge on any atom is -0.277 e. The van der Waals surface area contributed by atoms with Gasteiger partial charge in [0.15, 0.2) is 0 Å². The molecule has 1 unspecified atom stereocenters. The number of urea groups is 1. The largest absolute Gasteiger partial charge is 0.330 e. The Balaban J connectivity index is 1.76. The van der Waals surface area contributed by atoms with Gasteiger partial charge in [-0.1, -0.05) is 0 Å². The lowest BCUT2D eigenvalue weighted by molar-refractivity contribution is -0.144. The van der Waals surface area contributed by atoms with Crippen LogP contribution in [0.1, 0.15) is 19.3 Å². The van der Waals surface area contributed by atoms with Crippen LogP contribution >= 0.6 is 11.8 Å². The number of amides is 4. The number of imide groups is 2. The Hall–Kier alpha value is -1.04. The smallest absolute Gasteiger partial charge is 0.277 e. The Morgan fingerprint density at radius 2 is 2.12 bits per heavy atom. The van der Waals surface area contributed by atoms with Crippen molar-refractivity contribution >= 4 is 29.6 Å². The van der Waals surface area contributed by atoms with Crippen LogP contribution in [0.25, 0.3) is 0 Å². The van der Waals surface area contributed by atoms with Crippen LogP contribution in [-0.2, 0) is 9.59 Å². The first-order chi connectivity index (χ1) is 8.13. The molecule has 5 nitrogen and oxygen atoms in total. The lowest BCUT2D eigenvalue weighted by atomic mass is 10.0. The van der Waals surface area contributed by atoms with E-state index in [4.69, 9.17) is 0 Å². The Bertz CT molecular complexity index is 400. The lowest BCUT2D eigenvalue weighted by Gasteiger charge is -2.31. The third-order valence-corrected chi connectivity index (χ3v) is 5.00. The molecular weight excluding hydrogens is 240 g/mol. The second-order valence-corrected chi connectivity index (χ2v) is 6.14. The quantitative estimate of drug-likeness (QED) is 0.733. The summed E-state index contributed by atoms with van der Waals surface area (Å²) in [6, 6.07) is -0.533. The van der Waals surface area contributed by atoms with Gasteiger partial charge in [-0.25, -0.2) is 4.79 Å². The fraction of sp³-hybridized carbons (Fsp3) is 0.727. The van der Waals surface area contributed by atoms with Gasteiger partial charge in [0.05, 0.1) is 0 Å². The summed E-state index contributed by atoms with van der Waals surface area (Å²) < 4.78 is 0. The average molecular weight is 254 g/mol. The first kappa shape index (κ1) is 11.1. The third kappa shape index (κ3) is 1.66. The van der Waals surface area contributed by atoms with Gasteiger partial charge in [-0.15, -0.1) is 0 Å². The van der Waals surface area contributed by atoms with Crippen molar-refractivity contribution < 1.29 is 14.4 Å². The van der Waals surface area contributed by atoms with Gasteiger partial charge in [0, 0.05) is 6.54 Å². The number of thioether (sulfide) groups is 1. The summed E-state index contributed by atoms with van der Waals surface area (Å²) in [7, 11) is 0. The van der Waals surface area contributed by atoms with Crippen molar-refractivity contribution in [2.75, 3.05) is 18.1 Å². The van der Waals surface area contributed by atoms with Crippen LogP contribution in [0.4, 0.5) is 4.79 Å². The molecule has 0 aromatic rings. The number of hydrogen-bond donors (Lipinski definition) is 1. The molecule has 6 heteroatoms. The van der Waals surface area contributed by atoms with E-state index in [0.717, 1.165) is 17.9 Å². The highest BCUT2D eigenvalue weighted by molar-refractivity contribution is 7.99. The van der Waals surface area contributed by atoms with Crippen molar-refractivity contribution in [3.05, 3.63) is 0 Å². The van der Waals surface area contributed by atoms with E-state index in [1.807, 2.05) is 11.8 Å². The van der Waals surface area contributed by atoms with E-state index in [-0.39, 0.29) is 5.91 Å². The Kier molecular flexibility index (Phi) is 2.43. The molecule has 1 N–H and O–H groups in total. The van der Waals surface area contributed by atoms with Gasteiger partial charge in [-0.05, 0) is 36.7 Å². The van der Waals surface area contributed by atoms with Gasteiger partial charge in [0.1, 0.15) is 5.41 Å². The molecule has 92 valence electrons. The fourth-order valence-corrected chi connectivity index (χ4v) is 3.72. The molecule has 1 atom stereocenters.